The molecule has 1 N–H and O–H groups in total. The maximum Gasteiger partial charge on any atom is 0.146 e. The van der Waals surface area contributed by atoms with E-state index in [9.17, 15) is 4.79 Å². The lowest BCUT2D eigenvalue weighted by Crippen LogP contribution is -2.23. The number of carbonyl (C=O) groups is 1. The molecule has 1 aliphatic heterocycles. The molecule has 0 saturated carbocycles. The van der Waals surface area contributed by atoms with Gasteiger partial charge in [-0.15, -0.1) is 0 Å². The van der Waals surface area contributed by atoms with E-state index in [4.69, 9.17) is 0 Å². The van der Waals surface area contributed by atoms with Gasteiger partial charge in [-0.05, 0) is 19.4 Å². The molecular weight excluding hydrogens is 234 g/mol. The highest BCUT2D eigenvalue weighted by atomic mass is 16.1. The number of rotatable bonds is 0. The minimum atomic E-state index is 0.404. The van der Waals surface area contributed by atoms with Crippen LogP contribution in [0.3, 0.4) is 0 Å². The van der Waals surface area contributed by atoms with Crippen molar-refractivity contribution in [1.82, 2.24) is 5.32 Å². The fourth-order valence-electron chi connectivity index (χ4n) is 2.83. The fraction of sp³-hybridized carbons (Fsp3) is 0.941. The summed E-state index contributed by atoms with van der Waals surface area (Å²) in [7, 11) is 0. The zero-order valence-corrected chi connectivity index (χ0v) is 12.7. The molecule has 19 heavy (non-hydrogen) atoms. The molecule has 1 fully saturated rings. The summed E-state index contributed by atoms with van der Waals surface area (Å²) in [5, 5.41) is 3.29. The third-order valence-corrected chi connectivity index (χ3v) is 4.13. The van der Waals surface area contributed by atoms with Crippen LogP contribution < -0.4 is 5.32 Å². The van der Waals surface area contributed by atoms with E-state index in [-0.39, 0.29) is 0 Å². The maximum atomic E-state index is 11.6. The van der Waals surface area contributed by atoms with E-state index in [1.807, 2.05) is 0 Å². The summed E-state index contributed by atoms with van der Waals surface area (Å²) in [6.07, 6.45) is 18.2. The summed E-state index contributed by atoms with van der Waals surface area (Å²) in [6, 6.07) is 0. The number of ketones is 1. The van der Waals surface area contributed by atoms with E-state index in [1.54, 1.807) is 0 Å². The first-order valence-electron chi connectivity index (χ1n) is 8.62. The summed E-state index contributed by atoms with van der Waals surface area (Å²) >= 11 is 0. The standard InChI is InChI=1S/C17H33NO/c19-17-14-12-10-8-6-4-2-1-3-5-7-9-11-13-15-18-16-17/h18H,1-16H2. The Hall–Kier alpha value is -0.370. The second-order valence-corrected chi connectivity index (χ2v) is 6.06. The topological polar surface area (TPSA) is 29.1 Å². The van der Waals surface area contributed by atoms with Crippen LogP contribution in [0.5, 0.6) is 0 Å². The highest BCUT2D eigenvalue weighted by Gasteiger charge is 2.01. The van der Waals surface area contributed by atoms with Gasteiger partial charge in [-0.1, -0.05) is 70.6 Å². The van der Waals surface area contributed by atoms with Crippen molar-refractivity contribution < 1.29 is 4.79 Å². The van der Waals surface area contributed by atoms with Crippen LogP contribution in [-0.2, 0) is 4.79 Å². The Kier molecular flexibility index (Phi) is 11.1. The second-order valence-electron chi connectivity index (χ2n) is 6.06. The van der Waals surface area contributed by atoms with Crippen molar-refractivity contribution >= 4 is 5.78 Å². The van der Waals surface area contributed by atoms with Crippen LogP contribution in [0.15, 0.2) is 0 Å². The van der Waals surface area contributed by atoms with Crippen molar-refractivity contribution in [3.63, 3.8) is 0 Å². The molecule has 1 aliphatic rings. The Labute approximate surface area is 119 Å². The average molecular weight is 267 g/mol. The van der Waals surface area contributed by atoms with Crippen LogP contribution in [-0.4, -0.2) is 18.9 Å². The molecule has 0 aliphatic carbocycles. The van der Waals surface area contributed by atoms with E-state index in [0.717, 1.165) is 19.4 Å². The molecule has 1 heterocycles. The molecule has 0 aromatic carbocycles. The third-order valence-electron chi connectivity index (χ3n) is 4.13. The Morgan fingerprint density at radius 1 is 0.579 bits per heavy atom. The van der Waals surface area contributed by atoms with Crippen molar-refractivity contribution in [2.24, 2.45) is 0 Å². The summed E-state index contributed by atoms with van der Waals surface area (Å²) in [4.78, 5) is 11.6. The monoisotopic (exact) mass is 267 g/mol. The van der Waals surface area contributed by atoms with Crippen molar-refractivity contribution in [2.45, 2.75) is 89.9 Å². The molecule has 112 valence electrons. The molecule has 0 radical (unpaired) electrons. The molecule has 0 atom stereocenters. The van der Waals surface area contributed by atoms with Gasteiger partial charge in [0.15, 0.2) is 0 Å². The molecule has 0 unspecified atom stereocenters. The molecule has 0 bridgehead atoms. The van der Waals surface area contributed by atoms with Gasteiger partial charge in [0, 0.05) is 6.42 Å². The zero-order chi connectivity index (χ0) is 13.6. The highest BCUT2D eigenvalue weighted by Crippen LogP contribution is 2.13. The SMILES string of the molecule is O=C1CCCCCCCCCCCCCCCNC1. The molecule has 0 aromatic heterocycles. The number of nitrogens with one attached hydrogen (secondary N) is 1. The molecule has 0 aromatic rings. The molecular formula is C17H33NO. The van der Waals surface area contributed by atoms with Crippen molar-refractivity contribution in [3.05, 3.63) is 0 Å². The summed E-state index contributed by atoms with van der Waals surface area (Å²) in [6.45, 7) is 1.62. The first kappa shape index (κ1) is 16.7. The van der Waals surface area contributed by atoms with Crippen LogP contribution in [0.1, 0.15) is 89.9 Å². The first-order chi connectivity index (χ1) is 9.39. The smallest absolute Gasteiger partial charge is 0.146 e. The quantitative estimate of drug-likeness (QED) is 0.694. The van der Waals surface area contributed by atoms with Crippen molar-refractivity contribution in [3.8, 4) is 0 Å². The summed E-state index contributed by atoms with van der Waals surface area (Å²) < 4.78 is 0. The molecule has 2 heteroatoms. The number of Topliss-reactive ketones (excluding diaryl/α,β-unsaturated/α-hetero) is 1. The van der Waals surface area contributed by atoms with Gasteiger partial charge >= 0.3 is 0 Å². The lowest BCUT2D eigenvalue weighted by molar-refractivity contribution is -0.118. The lowest BCUT2D eigenvalue weighted by atomic mass is 10.0. The fourth-order valence-corrected chi connectivity index (χ4v) is 2.83. The van der Waals surface area contributed by atoms with Crippen molar-refractivity contribution in [1.29, 1.82) is 0 Å². The van der Waals surface area contributed by atoms with Crippen LogP contribution in [0.4, 0.5) is 0 Å². The van der Waals surface area contributed by atoms with Crippen LogP contribution in [0.2, 0.25) is 0 Å². The first-order valence-corrected chi connectivity index (χ1v) is 8.62. The number of hydrogen-bond acceptors (Lipinski definition) is 2. The minimum Gasteiger partial charge on any atom is -0.310 e. The predicted octanol–water partition coefficient (Wildman–Crippen LogP) is 4.62. The van der Waals surface area contributed by atoms with Crippen molar-refractivity contribution in [2.75, 3.05) is 13.1 Å². The number of carbonyl (C=O) groups excluding carboxylic acids is 1. The number of hydrogen-bond donors (Lipinski definition) is 1. The van der Waals surface area contributed by atoms with E-state index in [2.05, 4.69) is 5.32 Å². The Bertz CT molecular complexity index is 195. The molecule has 1 saturated heterocycles. The molecule has 1 rings (SSSR count). The van der Waals surface area contributed by atoms with Gasteiger partial charge < -0.3 is 5.32 Å². The van der Waals surface area contributed by atoms with Gasteiger partial charge in [0.2, 0.25) is 0 Å². The average Bonchev–Trinajstić information content (AvgIpc) is 2.41. The Morgan fingerprint density at radius 3 is 1.53 bits per heavy atom. The van der Waals surface area contributed by atoms with Crippen LogP contribution >= 0.6 is 0 Å². The van der Waals surface area contributed by atoms with E-state index < -0.39 is 0 Å². The second kappa shape index (κ2) is 12.7. The Morgan fingerprint density at radius 2 is 1.00 bits per heavy atom. The van der Waals surface area contributed by atoms with E-state index in [0.29, 0.717) is 12.3 Å². The van der Waals surface area contributed by atoms with Gasteiger partial charge in [0.1, 0.15) is 5.78 Å². The largest absolute Gasteiger partial charge is 0.310 e. The normalized spacial score (nSPS) is 23.5. The summed E-state index contributed by atoms with van der Waals surface area (Å²) in [5.41, 5.74) is 0. The van der Waals surface area contributed by atoms with Gasteiger partial charge in [-0.3, -0.25) is 4.79 Å². The van der Waals surface area contributed by atoms with E-state index >= 15 is 0 Å². The van der Waals surface area contributed by atoms with Gasteiger partial charge in [-0.25, -0.2) is 0 Å². The van der Waals surface area contributed by atoms with Gasteiger partial charge in [0.05, 0.1) is 6.54 Å². The molecule has 2 nitrogen and oxygen atoms in total. The highest BCUT2D eigenvalue weighted by molar-refractivity contribution is 5.80. The van der Waals surface area contributed by atoms with Crippen LogP contribution in [0.25, 0.3) is 0 Å². The van der Waals surface area contributed by atoms with E-state index in [1.165, 1.54) is 77.0 Å². The Balaban J connectivity index is 2.10. The lowest BCUT2D eigenvalue weighted by Gasteiger charge is -2.06. The zero-order valence-electron chi connectivity index (χ0n) is 12.7. The summed E-state index contributed by atoms with van der Waals surface area (Å²) in [5.74, 6) is 0.404. The van der Waals surface area contributed by atoms with Gasteiger partial charge in [0.25, 0.3) is 0 Å². The molecule has 0 amide bonds. The molecule has 0 spiro atoms. The van der Waals surface area contributed by atoms with Crippen LogP contribution in [0, 0.1) is 0 Å². The maximum absolute atomic E-state index is 11.6. The van der Waals surface area contributed by atoms with Gasteiger partial charge in [-0.2, -0.15) is 0 Å². The predicted molar refractivity (Wildman–Crippen MR) is 82.5 cm³/mol. The minimum absolute atomic E-state index is 0.404. The third kappa shape index (κ3) is 11.2.